The highest BCUT2D eigenvalue weighted by molar-refractivity contribution is 5.89. The van der Waals surface area contributed by atoms with E-state index in [0.717, 1.165) is 19.3 Å². The van der Waals surface area contributed by atoms with Crippen LogP contribution in [0.15, 0.2) is 30.9 Å². The van der Waals surface area contributed by atoms with Gasteiger partial charge in [0.1, 0.15) is 18.9 Å². The minimum Gasteiger partial charge on any atom is -1.00 e. The van der Waals surface area contributed by atoms with E-state index >= 15 is 0 Å². The molecular weight excluding hydrogens is 317 g/mol. The summed E-state index contributed by atoms with van der Waals surface area (Å²) in [4.78, 5) is 0. The maximum Gasteiger partial charge on any atom is 0.160 e. The third-order valence-corrected chi connectivity index (χ3v) is 4.45. The minimum absolute atomic E-state index is 0. The Hall–Kier alpha value is -0.960. The van der Waals surface area contributed by atoms with E-state index in [1.807, 2.05) is 12.1 Å². The fourth-order valence-corrected chi connectivity index (χ4v) is 3.56. The van der Waals surface area contributed by atoms with Crippen molar-refractivity contribution in [3.05, 3.63) is 47.8 Å². The lowest BCUT2D eigenvalue weighted by Gasteiger charge is -2.25. The van der Waals surface area contributed by atoms with Gasteiger partial charge in [0.05, 0.1) is 5.92 Å². The first-order chi connectivity index (χ1) is 9.29. The molecule has 0 radical (unpaired) electrons. The van der Waals surface area contributed by atoms with Crippen molar-refractivity contribution < 1.29 is 25.9 Å². The second kappa shape index (κ2) is 6.66. The van der Waals surface area contributed by atoms with Crippen LogP contribution in [0.1, 0.15) is 42.7 Å². The highest BCUT2D eigenvalue weighted by Gasteiger charge is 2.32. The second-order valence-corrected chi connectivity index (χ2v) is 5.61. The molecule has 3 rings (SSSR count). The lowest BCUT2D eigenvalue weighted by molar-refractivity contribution is -0.509. The predicted molar refractivity (Wildman–Crippen MR) is 76.5 cm³/mol. The summed E-state index contributed by atoms with van der Waals surface area (Å²) in [5.41, 5.74) is 4.06. The number of aryl methyl sites for hydroxylation is 1. The van der Waals surface area contributed by atoms with Gasteiger partial charge in [0, 0.05) is 19.3 Å². The van der Waals surface area contributed by atoms with Crippen LogP contribution < -0.4 is 17.0 Å². The van der Waals surface area contributed by atoms with Crippen LogP contribution in [0, 0.1) is 5.82 Å². The van der Waals surface area contributed by atoms with E-state index in [0.29, 0.717) is 5.92 Å². The molecule has 0 amide bonds. The fourth-order valence-electron chi connectivity index (χ4n) is 3.56. The van der Waals surface area contributed by atoms with Gasteiger partial charge in [-0.15, -0.1) is 6.58 Å². The first-order valence-electron chi connectivity index (χ1n) is 7.29. The number of halogens is 2. The van der Waals surface area contributed by atoms with E-state index in [1.165, 1.54) is 37.1 Å². The van der Waals surface area contributed by atoms with Gasteiger partial charge in [0.25, 0.3) is 0 Å². The predicted octanol–water partition coefficient (Wildman–Crippen LogP) is 0.683. The molecule has 1 fully saturated rings. The van der Waals surface area contributed by atoms with Gasteiger partial charge < -0.3 is 17.0 Å². The number of fused-ring (bicyclic) bond motifs is 1. The van der Waals surface area contributed by atoms with Gasteiger partial charge in [0.2, 0.25) is 0 Å². The summed E-state index contributed by atoms with van der Waals surface area (Å²) >= 11 is 0. The molecule has 3 heteroatoms. The lowest BCUT2D eigenvalue weighted by atomic mass is 9.79. The number of benzene rings is 1. The molecule has 1 aromatic rings. The zero-order valence-electron chi connectivity index (χ0n) is 11.7. The van der Waals surface area contributed by atoms with Crippen LogP contribution in [0.25, 0.3) is 0 Å². The Morgan fingerprint density at radius 1 is 1.25 bits per heavy atom. The first kappa shape index (κ1) is 15.4. The Balaban J connectivity index is 0.00000147. The molecule has 0 spiro atoms. The standard InChI is InChI=1S/C17H21FN.BrH/c1-2-5-16-15-8-7-14(18)12-13(15)6-9-17(16)19-10-3-4-11-19;/h2,7-8,12,16H,1,3-6,9-11H2;1H/q+1;/p-1. The van der Waals surface area contributed by atoms with Gasteiger partial charge in [-0.25, -0.2) is 8.97 Å². The summed E-state index contributed by atoms with van der Waals surface area (Å²) in [7, 11) is 0. The van der Waals surface area contributed by atoms with Crippen molar-refractivity contribution in [3.63, 3.8) is 0 Å². The molecule has 1 aliphatic heterocycles. The Kier molecular flexibility index (Phi) is 5.14. The Labute approximate surface area is 131 Å². The van der Waals surface area contributed by atoms with Crippen molar-refractivity contribution in [3.8, 4) is 0 Å². The van der Waals surface area contributed by atoms with E-state index in [9.17, 15) is 4.39 Å². The summed E-state index contributed by atoms with van der Waals surface area (Å²) in [6.45, 7) is 6.29. The molecule has 1 atom stereocenters. The van der Waals surface area contributed by atoms with Gasteiger partial charge in [-0.2, -0.15) is 0 Å². The number of nitrogens with zero attached hydrogens (tertiary/aromatic N) is 1. The van der Waals surface area contributed by atoms with Gasteiger partial charge >= 0.3 is 0 Å². The van der Waals surface area contributed by atoms with Crippen molar-refractivity contribution in [1.82, 2.24) is 0 Å². The third-order valence-electron chi connectivity index (χ3n) is 4.45. The second-order valence-electron chi connectivity index (χ2n) is 5.61. The number of rotatable bonds is 2. The van der Waals surface area contributed by atoms with Crippen LogP contribution in [0.3, 0.4) is 0 Å². The van der Waals surface area contributed by atoms with Crippen LogP contribution in [-0.4, -0.2) is 23.4 Å². The summed E-state index contributed by atoms with van der Waals surface area (Å²) in [6.07, 6.45) is 7.63. The summed E-state index contributed by atoms with van der Waals surface area (Å²) in [5, 5.41) is 0. The summed E-state index contributed by atoms with van der Waals surface area (Å²) < 4.78 is 15.9. The normalized spacial score (nSPS) is 21.4. The molecule has 108 valence electrons. The van der Waals surface area contributed by atoms with Crippen molar-refractivity contribution in [2.45, 2.75) is 38.0 Å². The molecule has 20 heavy (non-hydrogen) atoms. The van der Waals surface area contributed by atoms with Crippen LogP contribution in [0.2, 0.25) is 0 Å². The molecule has 0 N–H and O–H groups in total. The van der Waals surface area contributed by atoms with Crippen LogP contribution in [0.5, 0.6) is 0 Å². The monoisotopic (exact) mass is 337 g/mol. The molecule has 1 heterocycles. The molecule has 2 aliphatic rings. The van der Waals surface area contributed by atoms with E-state index in [-0.39, 0.29) is 22.8 Å². The van der Waals surface area contributed by atoms with E-state index in [2.05, 4.69) is 11.2 Å². The van der Waals surface area contributed by atoms with Gasteiger partial charge in [-0.05, 0) is 36.1 Å². The maximum atomic E-state index is 13.4. The molecule has 1 nitrogen and oxygen atoms in total. The highest BCUT2D eigenvalue weighted by Crippen LogP contribution is 2.33. The average Bonchev–Trinajstić information content (AvgIpc) is 2.93. The summed E-state index contributed by atoms with van der Waals surface area (Å²) in [6, 6.07) is 5.29. The zero-order valence-corrected chi connectivity index (χ0v) is 13.3. The zero-order chi connectivity index (χ0) is 13.2. The van der Waals surface area contributed by atoms with Crippen molar-refractivity contribution in [2.24, 2.45) is 0 Å². The number of hydrogen-bond acceptors (Lipinski definition) is 0. The largest absolute Gasteiger partial charge is 1.00 e. The van der Waals surface area contributed by atoms with Crippen LogP contribution in [-0.2, 0) is 6.42 Å². The third kappa shape index (κ3) is 2.88. The number of allylic oxidation sites excluding steroid dienone is 1. The van der Waals surface area contributed by atoms with E-state index in [1.54, 1.807) is 17.8 Å². The molecule has 0 aromatic heterocycles. The Morgan fingerprint density at radius 2 is 2.00 bits per heavy atom. The Bertz CT molecular complexity index is 528. The van der Waals surface area contributed by atoms with Crippen LogP contribution >= 0.6 is 0 Å². The van der Waals surface area contributed by atoms with E-state index in [4.69, 9.17) is 0 Å². The quantitative estimate of drug-likeness (QED) is 0.551. The van der Waals surface area contributed by atoms with Gasteiger partial charge in [0.15, 0.2) is 5.71 Å². The molecule has 1 unspecified atom stereocenters. The highest BCUT2D eigenvalue weighted by atomic mass is 79.9. The van der Waals surface area contributed by atoms with Gasteiger partial charge in [-0.3, -0.25) is 0 Å². The van der Waals surface area contributed by atoms with Crippen molar-refractivity contribution in [2.75, 3.05) is 13.1 Å². The number of hydrogen-bond donors (Lipinski definition) is 0. The van der Waals surface area contributed by atoms with Crippen molar-refractivity contribution in [1.29, 1.82) is 0 Å². The average molecular weight is 338 g/mol. The minimum atomic E-state index is -0.110. The first-order valence-corrected chi connectivity index (χ1v) is 7.29. The summed E-state index contributed by atoms with van der Waals surface area (Å²) in [5.74, 6) is 0.306. The van der Waals surface area contributed by atoms with E-state index < -0.39 is 0 Å². The molecule has 1 aromatic carbocycles. The lowest BCUT2D eigenvalue weighted by Crippen LogP contribution is -3.00. The molecule has 1 saturated heterocycles. The fraction of sp³-hybridized carbons (Fsp3) is 0.471. The van der Waals surface area contributed by atoms with Crippen molar-refractivity contribution >= 4 is 5.71 Å². The molecule has 0 bridgehead atoms. The SMILES string of the molecule is C=CCC1C(=[N+]2CCCC2)CCc2cc(F)ccc21.[Br-]. The van der Waals surface area contributed by atoms with Gasteiger partial charge in [-0.1, -0.05) is 12.1 Å². The molecular formula is C17H21BrFN. The smallest absolute Gasteiger partial charge is 0.160 e. The molecule has 1 aliphatic carbocycles. The topological polar surface area (TPSA) is 3.01 Å². The van der Waals surface area contributed by atoms with Crippen LogP contribution in [0.4, 0.5) is 4.39 Å². The maximum absolute atomic E-state index is 13.4. The Morgan fingerprint density at radius 3 is 2.70 bits per heavy atom. The molecule has 0 saturated carbocycles.